The Labute approximate surface area is 344 Å². The summed E-state index contributed by atoms with van der Waals surface area (Å²) in [6, 6.07) is 22.8. The summed E-state index contributed by atoms with van der Waals surface area (Å²) >= 11 is 6.69. The molecule has 1 fully saturated rings. The van der Waals surface area contributed by atoms with E-state index < -0.39 is 45.1 Å². The highest BCUT2D eigenvalue weighted by Crippen LogP contribution is 2.39. The summed E-state index contributed by atoms with van der Waals surface area (Å²) in [7, 11) is -3.50. The van der Waals surface area contributed by atoms with E-state index in [1.165, 1.54) is 12.1 Å². The third kappa shape index (κ3) is 8.72. The molecule has 1 atom stereocenters. The molecule has 1 unspecified atom stereocenters. The van der Waals surface area contributed by atoms with E-state index in [2.05, 4.69) is 26.1 Å². The van der Waals surface area contributed by atoms with Gasteiger partial charge in [0.25, 0.3) is 11.8 Å². The lowest BCUT2D eigenvalue weighted by Crippen LogP contribution is -2.54. The lowest BCUT2D eigenvalue weighted by atomic mass is 9.77. The van der Waals surface area contributed by atoms with Crippen LogP contribution in [0.3, 0.4) is 0 Å². The highest BCUT2D eigenvalue weighted by molar-refractivity contribution is 7.92. The topological polar surface area (TPSA) is 207 Å². The van der Waals surface area contributed by atoms with Crippen LogP contribution in [0.1, 0.15) is 64.1 Å². The standard InChI is InChI=1S/C42H37ClN6O9S/c1-42(2,28-7-4-24(5-8-28)25-6-11-34-27(18-25)23-45-41(46-34)48-59(3,54)55)29-19-26(22-44)37(33(43)20-29)58-17-15-56-14-16-57-30-9-10-31-32(21-30)40(53)49(39(31)52)35-12-13-36(50)47-38(35)51/h4-11,18-21,23,35H,12-17H2,1-3H3,(H,45,46,48)(H,47,50,51). The molecule has 59 heavy (non-hydrogen) atoms. The quantitative estimate of drug-likeness (QED) is 0.107. The number of halogens is 1. The molecule has 0 radical (unpaired) electrons. The van der Waals surface area contributed by atoms with Gasteiger partial charge in [0.05, 0.1) is 46.7 Å². The van der Waals surface area contributed by atoms with Crippen LogP contribution in [0.5, 0.6) is 11.5 Å². The Kier molecular flexibility index (Phi) is 11.4. The van der Waals surface area contributed by atoms with E-state index in [0.717, 1.165) is 38.8 Å². The zero-order valence-electron chi connectivity index (χ0n) is 32.1. The summed E-state index contributed by atoms with van der Waals surface area (Å²) in [6.45, 7) is 4.63. The van der Waals surface area contributed by atoms with Crippen LogP contribution in [0.2, 0.25) is 5.02 Å². The van der Waals surface area contributed by atoms with Gasteiger partial charge in [0, 0.05) is 23.4 Å². The number of hydrogen-bond acceptors (Lipinski definition) is 12. The lowest BCUT2D eigenvalue weighted by Gasteiger charge is -2.27. The minimum Gasteiger partial charge on any atom is -0.491 e. The fourth-order valence-corrected chi connectivity index (χ4v) is 7.62. The normalized spacial score (nSPS) is 15.5. The molecule has 2 aliphatic rings. The lowest BCUT2D eigenvalue weighted by molar-refractivity contribution is -0.136. The molecule has 0 saturated carbocycles. The maximum atomic E-state index is 13.1. The van der Waals surface area contributed by atoms with Crippen molar-refractivity contribution in [1.82, 2.24) is 20.2 Å². The summed E-state index contributed by atoms with van der Waals surface area (Å²) < 4.78 is 42.7. The number of nitrogens with one attached hydrogen (secondary N) is 2. The Morgan fingerprint density at radius 2 is 1.61 bits per heavy atom. The molecule has 0 aliphatic carbocycles. The third-order valence-electron chi connectivity index (χ3n) is 10.1. The zero-order valence-corrected chi connectivity index (χ0v) is 33.6. The number of rotatable bonds is 14. The maximum absolute atomic E-state index is 13.1. The molecular weight excluding hydrogens is 800 g/mol. The van der Waals surface area contributed by atoms with Crippen molar-refractivity contribution in [3.8, 4) is 28.7 Å². The SMILES string of the molecule is CC(C)(c1ccc(-c2ccc3nc(NS(C)(=O)=O)ncc3c2)cc1)c1cc(Cl)c(OCCOCCOc2ccc3c(c2)C(=O)N(C2CCC(=O)NC2=O)C3=O)c(C#N)c1. The average molecular weight is 837 g/mol. The highest BCUT2D eigenvalue weighted by Gasteiger charge is 2.44. The zero-order chi connectivity index (χ0) is 42.1. The van der Waals surface area contributed by atoms with Crippen LogP contribution in [0.25, 0.3) is 22.0 Å². The number of hydrogen-bond donors (Lipinski definition) is 2. The maximum Gasteiger partial charge on any atom is 0.262 e. The van der Waals surface area contributed by atoms with Crippen molar-refractivity contribution in [3.63, 3.8) is 0 Å². The van der Waals surface area contributed by atoms with Gasteiger partial charge in [-0.05, 0) is 71.1 Å². The van der Waals surface area contributed by atoms with E-state index in [0.29, 0.717) is 11.3 Å². The van der Waals surface area contributed by atoms with Gasteiger partial charge in [0.15, 0.2) is 5.75 Å². The first-order valence-electron chi connectivity index (χ1n) is 18.4. The fourth-order valence-electron chi connectivity index (χ4n) is 6.92. The monoisotopic (exact) mass is 836 g/mol. The summed E-state index contributed by atoms with van der Waals surface area (Å²) in [5.74, 6) is -1.76. The molecule has 1 aromatic heterocycles. The summed E-state index contributed by atoms with van der Waals surface area (Å²) in [6.07, 6.45) is 2.71. The summed E-state index contributed by atoms with van der Waals surface area (Å²) in [5.41, 5.74) is 4.29. The summed E-state index contributed by atoms with van der Waals surface area (Å²) in [5, 5.41) is 13.2. The first kappa shape index (κ1) is 40.8. The van der Waals surface area contributed by atoms with Crippen LogP contribution in [-0.4, -0.2) is 85.6 Å². The van der Waals surface area contributed by atoms with Crippen molar-refractivity contribution in [2.75, 3.05) is 37.4 Å². The molecule has 5 aromatic rings. The van der Waals surface area contributed by atoms with Crippen molar-refractivity contribution < 1.29 is 41.8 Å². The molecule has 3 heterocycles. The molecule has 0 spiro atoms. The van der Waals surface area contributed by atoms with Crippen LogP contribution in [0.4, 0.5) is 5.95 Å². The van der Waals surface area contributed by atoms with E-state index in [9.17, 15) is 32.9 Å². The van der Waals surface area contributed by atoms with Gasteiger partial charge in [-0.25, -0.2) is 18.4 Å². The Morgan fingerprint density at radius 3 is 2.32 bits per heavy atom. The molecule has 1 saturated heterocycles. The van der Waals surface area contributed by atoms with Gasteiger partial charge in [-0.15, -0.1) is 0 Å². The molecule has 4 amide bonds. The molecule has 0 bridgehead atoms. The van der Waals surface area contributed by atoms with Gasteiger partial charge < -0.3 is 14.2 Å². The van der Waals surface area contributed by atoms with Gasteiger partial charge in [0.1, 0.15) is 31.1 Å². The van der Waals surface area contributed by atoms with Crippen molar-refractivity contribution in [1.29, 1.82) is 5.26 Å². The summed E-state index contributed by atoms with van der Waals surface area (Å²) in [4.78, 5) is 59.1. The van der Waals surface area contributed by atoms with E-state index in [-0.39, 0.29) is 72.7 Å². The number of benzene rings is 4. The number of anilines is 1. The highest BCUT2D eigenvalue weighted by atomic mass is 35.5. The molecule has 2 aliphatic heterocycles. The van der Waals surface area contributed by atoms with E-state index in [4.69, 9.17) is 25.8 Å². The van der Waals surface area contributed by atoms with Gasteiger partial charge in [-0.2, -0.15) is 5.26 Å². The third-order valence-corrected chi connectivity index (χ3v) is 10.9. The van der Waals surface area contributed by atoms with Gasteiger partial charge in [0.2, 0.25) is 27.8 Å². The predicted octanol–water partition coefficient (Wildman–Crippen LogP) is 5.39. The van der Waals surface area contributed by atoms with E-state index >= 15 is 0 Å². The van der Waals surface area contributed by atoms with Crippen LogP contribution in [0.15, 0.2) is 79.0 Å². The number of aromatic nitrogens is 2. The molecular formula is C42H37ClN6O9S. The van der Waals surface area contributed by atoms with Crippen molar-refractivity contribution in [2.45, 2.75) is 38.1 Å². The molecule has 302 valence electrons. The van der Waals surface area contributed by atoms with Crippen molar-refractivity contribution >= 4 is 62.1 Å². The Morgan fingerprint density at radius 1 is 0.898 bits per heavy atom. The minimum absolute atomic E-state index is 0.00603. The number of fused-ring (bicyclic) bond motifs is 2. The second-order valence-corrected chi connectivity index (χ2v) is 16.6. The average Bonchev–Trinajstić information content (AvgIpc) is 3.44. The van der Waals surface area contributed by atoms with Gasteiger partial charge in [-0.3, -0.25) is 34.1 Å². The smallest absolute Gasteiger partial charge is 0.262 e. The second-order valence-electron chi connectivity index (χ2n) is 14.5. The number of nitrogens with zero attached hydrogens (tertiary/aromatic N) is 4. The molecule has 2 N–H and O–H groups in total. The number of imide groups is 2. The van der Waals surface area contributed by atoms with Crippen LogP contribution in [-0.2, 0) is 29.8 Å². The first-order chi connectivity index (χ1) is 28.1. The Hall–Kier alpha value is -6.41. The Bertz CT molecular complexity index is 2680. The number of nitriles is 1. The fraction of sp³-hybridized carbons (Fsp3) is 0.262. The second kappa shape index (κ2) is 16.5. The largest absolute Gasteiger partial charge is 0.491 e. The number of piperidine rings is 1. The van der Waals surface area contributed by atoms with Crippen LogP contribution in [0, 0.1) is 11.3 Å². The van der Waals surface area contributed by atoms with Crippen LogP contribution >= 0.6 is 11.6 Å². The first-order valence-corrected chi connectivity index (χ1v) is 20.7. The Balaban J connectivity index is 0.913. The molecule has 17 heteroatoms. The number of ether oxygens (including phenoxy) is 3. The molecule has 4 aromatic carbocycles. The van der Waals surface area contributed by atoms with Crippen molar-refractivity contribution in [2.24, 2.45) is 0 Å². The van der Waals surface area contributed by atoms with Gasteiger partial charge in [-0.1, -0.05) is 55.8 Å². The number of amides is 4. The van der Waals surface area contributed by atoms with Crippen molar-refractivity contribution in [3.05, 3.63) is 112 Å². The van der Waals surface area contributed by atoms with E-state index in [1.54, 1.807) is 24.4 Å². The predicted molar refractivity (Wildman–Crippen MR) is 217 cm³/mol. The minimum atomic E-state index is -3.50. The van der Waals surface area contributed by atoms with E-state index in [1.807, 2.05) is 56.3 Å². The number of carbonyl (C=O) groups excluding carboxylic acids is 4. The number of carbonyl (C=O) groups is 4. The number of sulfonamides is 1. The molecule has 15 nitrogen and oxygen atoms in total. The van der Waals surface area contributed by atoms with Gasteiger partial charge >= 0.3 is 0 Å². The molecule has 7 rings (SSSR count). The van der Waals surface area contributed by atoms with Crippen LogP contribution < -0.4 is 19.5 Å².